The molecule has 0 bridgehead atoms. The highest BCUT2D eigenvalue weighted by Crippen LogP contribution is 2.03. The summed E-state index contributed by atoms with van der Waals surface area (Å²) in [6, 6.07) is 20.0. The highest BCUT2D eigenvalue weighted by Gasteiger charge is 1.76. The zero-order chi connectivity index (χ0) is 10.2. The van der Waals surface area contributed by atoms with Crippen LogP contribution in [0, 0.1) is 12.1 Å². The van der Waals surface area contributed by atoms with E-state index in [0.29, 0.717) is 0 Å². The molecule has 0 aliphatic rings. The normalized spacial score (nSPS) is 8.71. The molecule has 2 rings (SSSR count). The number of rotatable bonds is 0. The molecule has 70 valence electrons. The van der Waals surface area contributed by atoms with E-state index in [9.17, 15) is 0 Å². The summed E-state index contributed by atoms with van der Waals surface area (Å²) in [6.07, 6.45) is 0. The summed E-state index contributed by atoms with van der Waals surface area (Å²) >= 11 is 11.0. The Morgan fingerprint density at radius 3 is 1.79 bits per heavy atom. The monoisotopic (exact) mass is 222 g/mol. The number of hydrogen-bond donors (Lipinski definition) is 0. The minimum absolute atomic E-state index is 0.738. The average molecular weight is 223 g/mol. The van der Waals surface area contributed by atoms with E-state index >= 15 is 0 Å². The largest absolute Gasteiger partial charge is 0.0843 e. The molecule has 0 aromatic heterocycles. The van der Waals surface area contributed by atoms with Crippen LogP contribution in [0.5, 0.6) is 0 Å². The molecule has 0 N–H and O–H groups in total. The first-order valence-corrected chi connectivity index (χ1v) is 4.78. The molecule has 0 saturated heterocycles. The molecule has 0 atom stereocenters. The molecule has 0 nitrogen and oxygen atoms in total. The predicted octanol–water partition coefficient (Wildman–Crippen LogP) is 4.28. The lowest BCUT2D eigenvalue weighted by molar-refractivity contribution is 1.69. The van der Waals surface area contributed by atoms with Gasteiger partial charge in [-0.1, -0.05) is 47.5 Å². The maximum atomic E-state index is 5.52. The summed E-state index contributed by atoms with van der Waals surface area (Å²) < 4.78 is 0. The van der Waals surface area contributed by atoms with E-state index in [1.54, 1.807) is 30.3 Å². The van der Waals surface area contributed by atoms with E-state index in [-0.39, 0.29) is 0 Å². The standard InChI is InChI=1S/2C6H4Cl/c2*7-6-4-2-1-3-5-6/h2-5H;1-2,4-5H. The highest BCUT2D eigenvalue weighted by atomic mass is 35.5. The summed E-state index contributed by atoms with van der Waals surface area (Å²) in [5, 5.41) is 1.50. The van der Waals surface area contributed by atoms with Gasteiger partial charge in [0.2, 0.25) is 0 Å². The summed E-state index contributed by atoms with van der Waals surface area (Å²) in [4.78, 5) is 0. The smallest absolute Gasteiger partial charge is 0.0412 e. The highest BCUT2D eigenvalue weighted by molar-refractivity contribution is 6.30. The van der Waals surface area contributed by atoms with Crippen LogP contribution in [0.2, 0.25) is 10.0 Å². The fourth-order valence-electron chi connectivity index (χ4n) is 0.738. The molecule has 2 aromatic rings. The lowest BCUT2D eigenvalue weighted by atomic mass is 10.4. The van der Waals surface area contributed by atoms with Crippen LogP contribution in [-0.2, 0) is 0 Å². The van der Waals surface area contributed by atoms with Gasteiger partial charge in [-0.3, -0.25) is 0 Å². The molecule has 2 heteroatoms. The van der Waals surface area contributed by atoms with Crippen molar-refractivity contribution < 1.29 is 0 Å². The van der Waals surface area contributed by atoms with Gasteiger partial charge in [0.1, 0.15) is 0 Å². The van der Waals surface area contributed by atoms with Gasteiger partial charge in [-0.2, -0.15) is 0 Å². The molecular weight excluding hydrogens is 215 g/mol. The Kier molecular flexibility index (Phi) is 5.13. The van der Waals surface area contributed by atoms with Crippen LogP contribution in [0.1, 0.15) is 0 Å². The van der Waals surface area contributed by atoms with Crippen molar-refractivity contribution in [2.24, 2.45) is 0 Å². The Balaban J connectivity index is 0.000000140. The van der Waals surface area contributed by atoms with E-state index in [1.165, 1.54) is 0 Å². The lowest BCUT2D eigenvalue weighted by Crippen LogP contribution is -1.56. The van der Waals surface area contributed by atoms with Crippen molar-refractivity contribution in [3.8, 4) is 0 Å². The van der Waals surface area contributed by atoms with Crippen LogP contribution < -0.4 is 0 Å². The first-order chi connectivity index (χ1) is 6.79. The molecule has 2 aromatic carbocycles. The molecule has 0 spiro atoms. The third-order valence-electron chi connectivity index (χ3n) is 1.35. The van der Waals surface area contributed by atoms with Gasteiger partial charge in [-0.15, -0.1) is 0 Å². The minimum atomic E-state index is 0.738. The average Bonchev–Trinajstić information content (AvgIpc) is 2.21. The SMILES string of the molecule is Clc1c[c]ccc1.Clc1cc[c]cc1. The fraction of sp³-hybridized carbons (Fsp3) is 0. The predicted molar refractivity (Wildman–Crippen MR) is 60.6 cm³/mol. The molecule has 0 heterocycles. The number of hydrogen-bond acceptors (Lipinski definition) is 0. The van der Waals surface area contributed by atoms with Crippen molar-refractivity contribution in [3.05, 3.63) is 70.7 Å². The van der Waals surface area contributed by atoms with Gasteiger partial charge in [0.15, 0.2) is 0 Å². The third kappa shape index (κ3) is 4.90. The molecule has 0 amide bonds. The number of halogens is 2. The quantitative estimate of drug-likeness (QED) is 0.625. The van der Waals surface area contributed by atoms with Crippen LogP contribution in [0.3, 0.4) is 0 Å². The van der Waals surface area contributed by atoms with E-state index in [2.05, 4.69) is 12.1 Å². The zero-order valence-electron chi connectivity index (χ0n) is 7.37. The van der Waals surface area contributed by atoms with Gasteiger partial charge in [0.05, 0.1) is 0 Å². The van der Waals surface area contributed by atoms with Gasteiger partial charge in [-0.25, -0.2) is 0 Å². The van der Waals surface area contributed by atoms with Crippen molar-refractivity contribution >= 4 is 23.2 Å². The Hall–Kier alpha value is -0.980. The van der Waals surface area contributed by atoms with Crippen molar-refractivity contribution in [2.75, 3.05) is 0 Å². The van der Waals surface area contributed by atoms with E-state index in [4.69, 9.17) is 23.2 Å². The van der Waals surface area contributed by atoms with E-state index < -0.39 is 0 Å². The second-order valence-corrected chi connectivity index (χ2v) is 3.31. The van der Waals surface area contributed by atoms with Crippen LogP contribution in [-0.4, -0.2) is 0 Å². The van der Waals surface area contributed by atoms with Gasteiger partial charge >= 0.3 is 0 Å². The fourth-order valence-corrected chi connectivity index (χ4v) is 1.000. The second-order valence-electron chi connectivity index (χ2n) is 2.44. The lowest BCUT2D eigenvalue weighted by Gasteiger charge is -1.79. The molecule has 2 radical (unpaired) electrons. The molecule has 0 aliphatic carbocycles. The Morgan fingerprint density at radius 2 is 1.50 bits per heavy atom. The van der Waals surface area contributed by atoms with Gasteiger partial charge in [-0.05, 0) is 36.4 Å². The molecule has 14 heavy (non-hydrogen) atoms. The van der Waals surface area contributed by atoms with Crippen LogP contribution in [0.15, 0.2) is 48.5 Å². The topological polar surface area (TPSA) is 0 Å². The van der Waals surface area contributed by atoms with Crippen LogP contribution in [0.4, 0.5) is 0 Å². The van der Waals surface area contributed by atoms with E-state index in [1.807, 2.05) is 18.2 Å². The molecule has 0 fully saturated rings. The molecule has 0 saturated carbocycles. The molecular formula is C12H8Cl2. The summed E-state index contributed by atoms with van der Waals surface area (Å²) in [5.74, 6) is 0. The van der Waals surface area contributed by atoms with Gasteiger partial charge in [0.25, 0.3) is 0 Å². The summed E-state index contributed by atoms with van der Waals surface area (Å²) in [5.41, 5.74) is 0. The maximum absolute atomic E-state index is 5.52. The molecule has 0 aliphatic heterocycles. The summed E-state index contributed by atoms with van der Waals surface area (Å²) in [7, 11) is 0. The Labute approximate surface area is 94.1 Å². The third-order valence-corrected chi connectivity index (χ3v) is 1.83. The van der Waals surface area contributed by atoms with Gasteiger partial charge in [0, 0.05) is 10.0 Å². The maximum Gasteiger partial charge on any atom is 0.0412 e. The second kappa shape index (κ2) is 6.47. The van der Waals surface area contributed by atoms with Crippen molar-refractivity contribution in [3.63, 3.8) is 0 Å². The minimum Gasteiger partial charge on any atom is -0.0843 e. The van der Waals surface area contributed by atoms with Crippen molar-refractivity contribution in [2.45, 2.75) is 0 Å². The van der Waals surface area contributed by atoms with Crippen LogP contribution in [0.25, 0.3) is 0 Å². The van der Waals surface area contributed by atoms with Crippen molar-refractivity contribution in [1.82, 2.24) is 0 Å². The Morgan fingerprint density at radius 1 is 0.786 bits per heavy atom. The first-order valence-electron chi connectivity index (χ1n) is 4.02. The van der Waals surface area contributed by atoms with E-state index in [0.717, 1.165) is 10.0 Å². The molecule has 0 unspecified atom stereocenters. The summed E-state index contributed by atoms with van der Waals surface area (Å²) in [6.45, 7) is 0. The van der Waals surface area contributed by atoms with Crippen LogP contribution >= 0.6 is 23.2 Å². The van der Waals surface area contributed by atoms with Crippen molar-refractivity contribution in [1.29, 1.82) is 0 Å². The number of benzene rings is 2. The zero-order valence-corrected chi connectivity index (χ0v) is 8.89. The first kappa shape index (κ1) is 11.1. The Bertz CT molecular complexity index is 306. The van der Waals surface area contributed by atoms with Gasteiger partial charge < -0.3 is 0 Å².